The van der Waals surface area contributed by atoms with Crippen LogP contribution in [-0.2, 0) is 19.1 Å². The van der Waals surface area contributed by atoms with Gasteiger partial charge in [-0.15, -0.1) is 0 Å². The molecule has 1 rings (SSSR count). The van der Waals surface area contributed by atoms with Crippen molar-refractivity contribution >= 4 is 11.9 Å². The van der Waals surface area contributed by atoms with E-state index in [1.54, 1.807) is 0 Å². The molecule has 0 aliphatic heterocycles. The second kappa shape index (κ2) is 8.08. The molecule has 0 aromatic rings. The van der Waals surface area contributed by atoms with Crippen LogP contribution in [0.4, 0.5) is 0 Å². The first-order chi connectivity index (χ1) is 8.67. The molecule has 18 heavy (non-hydrogen) atoms. The molecule has 0 heterocycles. The molecular weight excluding hydrogens is 234 g/mol. The molecule has 1 fully saturated rings. The van der Waals surface area contributed by atoms with E-state index < -0.39 is 12.1 Å². The van der Waals surface area contributed by atoms with E-state index in [1.165, 1.54) is 39.9 Å². The van der Waals surface area contributed by atoms with Gasteiger partial charge >= 0.3 is 5.97 Å². The Hall–Kier alpha value is -1.10. The van der Waals surface area contributed by atoms with Crippen molar-refractivity contribution in [2.75, 3.05) is 20.8 Å². The smallest absolute Gasteiger partial charge is 0.336 e. The lowest BCUT2D eigenvalue weighted by molar-refractivity contribution is -0.152. The van der Waals surface area contributed by atoms with Gasteiger partial charge in [-0.25, -0.2) is 4.79 Å². The van der Waals surface area contributed by atoms with Crippen LogP contribution in [0.2, 0.25) is 0 Å². The number of hydrogen-bond acceptors (Lipinski definition) is 4. The minimum atomic E-state index is -0.717. The number of hydrogen-bond donors (Lipinski definition) is 1. The Morgan fingerprint density at radius 1 is 1.28 bits per heavy atom. The van der Waals surface area contributed by atoms with Crippen LogP contribution in [0.25, 0.3) is 0 Å². The number of rotatable bonds is 7. The van der Waals surface area contributed by atoms with Crippen molar-refractivity contribution in [3.05, 3.63) is 0 Å². The van der Waals surface area contributed by atoms with Gasteiger partial charge in [0.15, 0.2) is 6.10 Å². The van der Waals surface area contributed by atoms with Crippen molar-refractivity contribution in [1.29, 1.82) is 0 Å². The van der Waals surface area contributed by atoms with Gasteiger partial charge in [-0.2, -0.15) is 0 Å². The molecule has 0 saturated heterocycles. The average Bonchev–Trinajstić information content (AvgIpc) is 2.89. The van der Waals surface area contributed by atoms with Gasteiger partial charge in [-0.3, -0.25) is 4.79 Å². The lowest BCUT2D eigenvalue weighted by atomic mass is 10.0. The number of esters is 1. The number of methoxy groups -OCH3 is 2. The van der Waals surface area contributed by atoms with Crippen molar-refractivity contribution < 1.29 is 19.1 Å². The summed E-state index contributed by atoms with van der Waals surface area (Å²) in [6.45, 7) is 0.173. The Morgan fingerprint density at radius 2 is 1.94 bits per heavy atom. The molecule has 0 aromatic heterocycles. The van der Waals surface area contributed by atoms with Gasteiger partial charge < -0.3 is 14.8 Å². The zero-order valence-electron chi connectivity index (χ0n) is 11.2. The molecule has 1 aliphatic carbocycles. The van der Waals surface area contributed by atoms with Crippen molar-refractivity contribution in [3.8, 4) is 0 Å². The summed E-state index contributed by atoms with van der Waals surface area (Å²) in [6.07, 6.45) is 5.84. The van der Waals surface area contributed by atoms with E-state index in [0.717, 1.165) is 6.42 Å². The predicted octanol–water partition coefficient (Wildman–Crippen LogP) is 1.26. The lowest BCUT2D eigenvalue weighted by Crippen LogP contribution is -2.38. The highest BCUT2D eigenvalue weighted by molar-refractivity contribution is 5.78. The normalized spacial score (nSPS) is 17.4. The van der Waals surface area contributed by atoms with Gasteiger partial charge in [0.25, 0.3) is 0 Å². The van der Waals surface area contributed by atoms with E-state index in [-0.39, 0.29) is 12.5 Å². The van der Waals surface area contributed by atoms with Crippen LogP contribution >= 0.6 is 0 Å². The number of amides is 1. The number of carbonyl (C=O) groups is 2. The summed E-state index contributed by atoms with van der Waals surface area (Å²) in [6, 6.07) is 0. The Balaban J connectivity index is 2.16. The van der Waals surface area contributed by atoms with Crippen LogP contribution in [0.15, 0.2) is 0 Å². The topological polar surface area (TPSA) is 64.6 Å². The third-order valence-corrected chi connectivity index (χ3v) is 3.49. The van der Waals surface area contributed by atoms with Crippen LogP contribution < -0.4 is 5.32 Å². The largest absolute Gasteiger partial charge is 0.467 e. The van der Waals surface area contributed by atoms with E-state index >= 15 is 0 Å². The maximum absolute atomic E-state index is 11.6. The third-order valence-electron chi connectivity index (χ3n) is 3.49. The molecule has 1 atom stereocenters. The average molecular weight is 257 g/mol. The summed E-state index contributed by atoms with van der Waals surface area (Å²) >= 11 is 0. The Bertz CT molecular complexity index is 274. The molecule has 5 heteroatoms. The minimum absolute atomic E-state index is 0.0205. The van der Waals surface area contributed by atoms with E-state index in [0.29, 0.717) is 12.3 Å². The van der Waals surface area contributed by atoms with E-state index in [4.69, 9.17) is 4.74 Å². The monoisotopic (exact) mass is 257 g/mol. The molecule has 0 bridgehead atoms. The SMILES string of the molecule is COC(=O)C(CNC(=O)CCC1CCCC1)OC. The van der Waals surface area contributed by atoms with Gasteiger partial charge in [0, 0.05) is 13.5 Å². The van der Waals surface area contributed by atoms with Gasteiger partial charge in [-0.05, 0) is 12.3 Å². The summed E-state index contributed by atoms with van der Waals surface area (Å²) < 4.78 is 9.50. The Kier molecular flexibility index (Phi) is 6.72. The number of ether oxygens (including phenoxy) is 2. The standard InChI is InChI=1S/C13H23NO4/c1-17-11(13(16)18-2)9-14-12(15)8-7-10-5-3-4-6-10/h10-11H,3-9H2,1-2H3,(H,14,15). The highest BCUT2D eigenvalue weighted by atomic mass is 16.6. The van der Waals surface area contributed by atoms with Crippen molar-refractivity contribution in [2.24, 2.45) is 5.92 Å². The van der Waals surface area contributed by atoms with Crippen molar-refractivity contribution in [2.45, 2.75) is 44.6 Å². The van der Waals surface area contributed by atoms with Gasteiger partial charge in [0.05, 0.1) is 13.7 Å². The first-order valence-electron chi connectivity index (χ1n) is 6.54. The van der Waals surface area contributed by atoms with Gasteiger partial charge in [-0.1, -0.05) is 25.7 Å². The molecule has 1 N–H and O–H groups in total. The van der Waals surface area contributed by atoms with E-state index in [9.17, 15) is 9.59 Å². The van der Waals surface area contributed by atoms with Crippen molar-refractivity contribution in [3.63, 3.8) is 0 Å². The quantitative estimate of drug-likeness (QED) is 0.697. The molecule has 1 amide bonds. The van der Waals surface area contributed by atoms with Crippen LogP contribution in [0.1, 0.15) is 38.5 Å². The Morgan fingerprint density at radius 3 is 2.50 bits per heavy atom. The number of nitrogens with one attached hydrogen (secondary N) is 1. The summed E-state index contributed by atoms with van der Waals surface area (Å²) in [5, 5.41) is 2.71. The minimum Gasteiger partial charge on any atom is -0.467 e. The van der Waals surface area contributed by atoms with Crippen LogP contribution in [0.3, 0.4) is 0 Å². The maximum atomic E-state index is 11.6. The van der Waals surface area contributed by atoms with E-state index in [1.807, 2.05) is 0 Å². The van der Waals surface area contributed by atoms with Gasteiger partial charge in [0.1, 0.15) is 0 Å². The molecule has 0 radical (unpaired) electrons. The molecule has 1 aliphatic rings. The van der Waals surface area contributed by atoms with E-state index in [2.05, 4.69) is 10.1 Å². The summed E-state index contributed by atoms with van der Waals surface area (Å²) in [7, 11) is 2.72. The molecule has 0 spiro atoms. The third kappa shape index (κ3) is 5.04. The molecule has 104 valence electrons. The van der Waals surface area contributed by atoms with Crippen LogP contribution in [0.5, 0.6) is 0 Å². The highest BCUT2D eigenvalue weighted by Crippen LogP contribution is 2.28. The first kappa shape index (κ1) is 15.0. The summed E-state index contributed by atoms with van der Waals surface area (Å²) in [5.74, 6) is 0.219. The molecule has 0 aromatic carbocycles. The van der Waals surface area contributed by atoms with Crippen molar-refractivity contribution in [1.82, 2.24) is 5.32 Å². The van der Waals surface area contributed by atoms with Crippen LogP contribution in [0, 0.1) is 5.92 Å². The highest BCUT2D eigenvalue weighted by Gasteiger charge is 2.20. The first-order valence-corrected chi connectivity index (χ1v) is 6.54. The Labute approximate surface area is 108 Å². The maximum Gasteiger partial charge on any atom is 0.336 e. The molecular formula is C13H23NO4. The molecule has 5 nitrogen and oxygen atoms in total. The predicted molar refractivity (Wildman–Crippen MR) is 67.0 cm³/mol. The molecule has 1 unspecified atom stereocenters. The summed E-state index contributed by atoms with van der Waals surface area (Å²) in [5.41, 5.74) is 0. The summed E-state index contributed by atoms with van der Waals surface area (Å²) in [4.78, 5) is 22.8. The second-order valence-electron chi connectivity index (χ2n) is 4.74. The van der Waals surface area contributed by atoms with Gasteiger partial charge in [0.2, 0.25) is 5.91 Å². The van der Waals surface area contributed by atoms with Crippen LogP contribution in [-0.4, -0.2) is 38.7 Å². The zero-order chi connectivity index (χ0) is 13.4. The fraction of sp³-hybridized carbons (Fsp3) is 0.846. The number of carbonyl (C=O) groups excluding carboxylic acids is 2. The lowest BCUT2D eigenvalue weighted by Gasteiger charge is -2.14. The molecule has 1 saturated carbocycles. The second-order valence-corrected chi connectivity index (χ2v) is 4.74. The zero-order valence-corrected chi connectivity index (χ0v) is 11.2. The fourth-order valence-electron chi connectivity index (χ4n) is 2.32. The fourth-order valence-corrected chi connectivity index (χ4v) is 2.32.